The molecule has 3 N–H and O–H groups in total. The number of hydrogen-bond donors (Lipinski definition) is 3. The van der Waals surface area contributed by atoms with E-state index >= 15 is 0 Å². The highest BCUT2D eigenvalue weighted by atomic mass is 16.6. The molecule has 2 rings (SSSR count). The molecule has 1 fully saturated rings. The van der Waals surface area contributed by atoms with Crippen LogP contribution in [0.1, 0.15) is 5.56 Å². The fourth-order valence-corrected chi connectivity index (χ4v) is 1.36. The van der Waals surface area contributed by atoms with E-state index < -0.39 is 12.0 Å². The van der Waals surface area contributed by atoms with Crippen molar-refractivity contribution in [2.45, 2.75) is 0 Å². The van der Waals surface area contributed by atoms with Gasteiger partial charge in [-0.2, -0.15) is 0 Å². The SMILES string of the molecule is O=C1NC(=O)/C(=C\C=C\c2cccc(O)c2O)O1. The van der Waals surface area contributed by atoms with Gasteiger partial charge in [0.2, 0.25) is 0 Å². The van der Waals surface area contributed by atoms with Gasteiger partial charge in [0.25, 0.3) is 5.91 Å². The summed E-state index contributed by atoms with van der Waals surface area (Å²) in [6.45, 7) is 0. The van der Waals surface area contributed by atoms with Gasteiger partial charge in [-0.05, 0) is 12.1 Å². The molecule has 6 nitrogen and oxygen atoms in total. The second kappa shape index (κ2) is 4.62. The van der Waals surface area contributed by atoms with Crippen LogP contribution in [-0.2, 0) is 9.53 Å². The average molecular weight is 247 g/mol. The van der Waals surface area contributed by atoms with Crippen molar-refractivity contribution in [2.24, 2.45) is 0 Å². The standard InChI is InChI=1S/C12H9NO5/c14-8-5-1-3-7(10(8)15)4-2-6-9-11(16)13-12(17)18-9/h1-6,14-15H,(H,13,16,17)/b4-2+,9-6+. The first kappa shape index (κ1) is 11.7. The number of carbonyl (C=O) groups is 2. The summed E-state index contributed by atoms with van der Waals surface area (Å²) in [6, 6.07) is 4.48. The van der Waals surface area contributed by atoms with Gasteiger partial charge in [0, 0.05) is 5.56 Å². The van der Waals surface area contributed by atoms with E-state index in [1.807, 2.05) is 5.32 Å². The van der Waals surface area contributed by atoms with E-state index in [2.05, 4.69) is 4.74 Å². The van der Waals surface area contributed by atoms with Crippen LogP contribution in [0.3, 0.4) is 0 Å². The molecule has 0 aliphatic carbocycles. The van der Waals surface area contributed by atoms with Gasteiger partial charge in [0.05, 0.1) is 0 Å². The average Bonchev–Trinajstić information content (AvgIpc) is 2.63. The number of imide groups is 1. The van der Waals surface area contributed by atoms with Gasteiger partial charge in [-0.1, -0.05) is 24.3 Å². The molecular formula is C12H9NO5. The first-order chi connectivity index (χ1) is 8.58. The summed E-state index contributed by atoms with van der Waals surface area (Å²) in [7, 11) is 0. The van der Waals surface area contributed by atoms with E-state index in [1.165, 1.54) is 24.3 Å². The topological polar surface area (TPSA) is 95.9 Å². The number of para-hydroxylation sites is 1. The Kier molecular flexibility index (Phi) is 3.01. The Morgan fingerprint density at radius 1 is 1.22 bits per heavy atom. The summed E-state index contributed by atoms with van der Waals surface area (Å²) in [5.74, 6) is -1.25. The van der Waals surface area contributed by atoms with Crippen molar-refractivity contribution in [1.29, 1.82) is 0 Å². The maximum atomic E-state index is 11.1. The Balaban J connectivity index is 2.17. The number of benzene rings is 1. The quantitative estimate of drug-likeness (QED) is 0.540. The molecule has 18 heavy (non-hydrogen) atoms. The lowest BCUT2D eigenvalue weighted by atomic mass is 10.1. The molecule has 92 valence electrons. The van der Waals surface area contributed by atoms with Crippen LogP contribution in [0.25, 0.3) is 6.08 Å². The van der Waals surface area contributed by atoms with Gasteiger partial charge in [-0.15, -0.1) is 0 Å². The number of nitrogens with one attached hydrogen (secondary N) is 1. The summed E-state index contributed by atoms with van der Waals surface area (Å²) in [5.41, 5.74) is 0.372. The first-order valence-electron chi connectivity index (χ1n) is 5.00. The van der Waals surface area contributed by atoms with E-state index in [9.17, 15) is 19.8 Å². The zero-order valence-electron chi connectivity index (χ0n) is 9.08. The highest BCUT2D eigenvalue weighted by Gasteiger charge is 2.25. The smallest absolute Gasteiger partial charge is 0.419 e. The molecule has 2 amide bonds. The summed E-state index contributed by atoms with van der Waals surface area (Å²) in [5, 5.41) is 20.7. The highest BCUT2D eigenvalue weighted by Crippen LogP contribution is 2.29. The molecule has 0 saturated carbocycles. The minimum absolute atomic E-state index is 0.129. The van der Waals surface area contributed by atoms with Crippen LogP contribution in [0, 0.1) is 0 Å². The molecule has 6 heteroatoms. The van der Waals surface area contributed by atoms with Crippen LogP contribution in [0.4, 0.5) is 4.79 Å². The van der Waals surface area contributed by atoms with E-state index in [1.54, 1.807) is 12.1 Å². The van der Waals surface area contributed by atoms with Crippen molar-refractivity contribution in [1.82, 2.24) is 5.32 Å². The van der Waals surface area contributed by atoms with Crippen molar-refractivity contribution in [3.63, 3.8) is 0 Å². The number of rotatable bonds is 2. The minimum Gasteiger partial charge on any atom is -0.504 e. The van der Waals surface area contributed by atoms with Crippen LogP contribution in [0.15, 0.2) is 36.1 Å². The van der Waals surface area contributed by atoms with Gasteiger partial charge in [-0.25, -0.2) is 4.79 Å². The summed E-state index contributed by atoms with van der Waals surface area (Å²) in [4.78, 5) is 21.8. The van der Waals surface area contributed by atoms with Gasteiger partial charge >= 0.3 is 6.09 Å². The number of phenols is 2. The normalized spacial score (nSPS) is 17.2. The third-order valence-electron chi connectivity index (χ3n) is 2.21. The highest BCUT2D eigenvalue weighted by molar-refractivity contribution is 6.07. The molecule has 0 atom stereocenters. The molecule has 1 heterocycles. The number of hydrogen-bond acceptors (Lipinski definition) is 5. The second-order valence-corrected chi connectivity index (χ2v) is 3.45. The fourth-order valence-electron chi connectivity index (χ4n) is 1.36. The number of cyclic esters (lactones) is 1. The summed E-state index contributed by atoms with van der Waals surface area (Å²) >= 11 is 0. The number of alkyl carbamates (subject to hydrolysis) is 1. The molecule has 1 aliphatic heterocycles. The van der Waals surface area contributed by atoms with Crippen LogP contribution < -0.4 is 5.32 Å². The third-order valence-corrected chi connectivity index (χ3v) is 2.21. The Morgan fingerprint density at radius 3 is 2.67 bits per heavy atom. The maximum Gasteiger partial charge on any atom is 0.419 e. The van der Waals surface area contributed by atoms with E-state index in [0.29, 0.717) is 5.56 Å². The van der Waals surface area contributed by atoms with Crippen LogP contribution in [0.5, 0.6) is 11.5 Å². The Morgan fingerprint density at radius 2 is 2.00 bits per heavy atom. The number of amides is 2. The first-order valence-corrected chi connectivity index (χ1v) is 5.00. The molecule has 0 radical (unpaired) electrons. The number of carbonyl (C=O) groups excluding carboxylic acids is 2. The van der Waals surface area contributed by atoms with E-state index in [-0.39, 0.29) is 17.3 Å². The van der Waals surface area contributed by atoms with Crippen molar-refractivity contribution in [3.8, 4) is 11.5 Å². The molecule has 0 aromatic heterocycles. The minimum atomic E-state index is -0.820. The van der Waals surface area contributed by atoms with Crippen LogP contribution in [0.2, 0.25) is 0 Å². The van der Waals surface area contributed by atoms with Crippen molar-refractivity contribution < 1.29 is 24.5 Å². The van der Waals surface area contributed by atoms with E-state index in [0.717, 1.165) is 0 Å². The second-order valence-electron chi connectivity index (χ2n) is 3.45. The lowest BCUT2D eigenvalue weighted by molar-refractivity contribution is -0.116. The number of allylic oxidation sites excluding steroid dienone is 2. The number of ether oxygens (including phenoxy) is 1. The third kappa shape index (κ3) is 2.32. The lowest BCUT2D eigenvalue weighted by Crippen LogP contribution is -2.18. The molecule has 1 aromatic rings. The fraction of sp³-hybridized carbons (Fsp3) is 0. The molecular weight excluding hydrogens is 238 g/mol. The van der Waals surface area contributed by atoms with Gasteiger partial charge < -0.3 is 14.9 Å². The molecule has 1 aliphatic rings. The molecule has 0 spiro atoms. The maximum absolute atomic E-state index is 11.1. The number of phenolic OH excluding ortho intramolecular Hbond substituents is 2. The molecule has 0 unspecified atom stereocenters. The van der Waals surface area contributed by atoms with Crippen molar-refractivity contribution in [2.75, 3.05) is 0 Å². The lowest BCUT2D eigenvalue weighted by Gasteiger charge is -1.99. The van der Waals surface area contributed by atoms with Crippen LogP contribution >= 0.6 is 0 Å². The summed E-state index contributed by atoms with van der Waals surface area (Å²) < 4.78 is 4.56. The largest absolute Gasteiger partial charge is 0.504 e. The monoisotopic (exact) mass is 247 g/mol. The zero-order valence-corrected chi connectivity index (χ0v) is 9.08. The molecule has 0 bridgehead atoms. The van der Waals surface area contributed by atoms with Gasteiger partial charge in [-0.3, -0.25) is 10.1 Å². The van der Waals surface area contributed by atoms with Gasteiger partial charge in [0.15, 0.2) is 17.3 Å². The van der Waals surface area contributed by atoms with Crippen molar-refractivity contribution >= 4 is 18.1 Å². The predicted octanol–water partition coefficient (Wildman–Crippen LogP) is 1.26. The van der Waals surface area contributed by atoms with Gasteiger partial charge in [0.1, 0.15) is 0 Å². The van der Waals surface area contributed by atoms with Crippen LogP contribution in [-0.4, -0.2) is 22.2 Å². The Labute approximate surface area is 102 Å². The summed E-state index contributed by atoms with van der Waals surface area (Å²) in [6.07, 6.45) is 3.34. The zero-order chi connectivity index (χ0) is 13.1. The van der Waals surface area contributed by atoms with Crippen molar-refractivity contribution in [3.05, 3.63) is 41.7 Å². The Hall–Kier alpha value is -2.76. The predicted molar refractivity (Wildman–Crippen MR) is 61.5 cm³/mol. The number of aromatic hydroxyl groups is 2. The van der Waals surface area contributed by atoms with E-state index in [4.69, 9.17) is 0 Å². The molecule has 1 saturated heterocycles. The Bertz CT molecular complexity index is 574. The molecule has 1 aromatic carbocycles.